The quantitative estimate of drug-likeness (QED) is 0.879. The number of nitrogens with zero attached hydrogens (tertiary/aromatic N) is 1. The van der Waals surface area contributed by atoms with Gasteiger partial charge < -0.3 is 5.11 Å². The normalized spacial score (nSPS) is 16.3. The molecule has 1 aliphatic rings. The summed E-state index contributed by atoms with van der Waals surface area (Å²) in [6.45, 7) is 0. The van der Waals surface area contributed by atoms with E-state index in [0.29, 0.717) is 0 Å². The highest BCUT2D eigenvalue weighted by atomic mass is 16.3. The Bertz CT molecular complexity index is 666. The Labute approximate surface area is 138 Å². The van der Waals surface area contributed by atoms with Crippen LogP contribution in [0.5, 0.6) is 0 Å². The van der Waals surface area contributed by atoms with E-state index in [1.165, 1.54) is 6.42 Å². The van der Waals surface area contributed by atoms with Crippen LogP contribution in [0.15, 0.2) is 60.7 Å². The molecule has 0 spiro atoms. The Kier molecular flexibility index (Phi) is 4.26. The summed E-state index contributed by atoms with van der Waals surface area (Å²) in [5, 5.41) is 11.4. The van der Waals surface area contributed by atoms with E-state index >= 15 is 0 Å². The standard InChI is InChI=1S/C21H23NO/c1-22(2)20(14-9-15-20)16-17-21(23,18-10-5-3-6-11-18)19-12-7-4-8-13-19/h3-8,10-13,23H,9,14-15H2,1-2H3. The van der Waals surface area contributed by atoms with E-state index in [1.54, 1.807) is 0 Å². The van der Waals surface area contributed by atoms with E-state index < -0.39 is 5.60 Å². The van der Waals surface area contributed by atoms with Gasteiger partial charge in [-0.3, -0.25) is 4.90 Å². The van der Waals surface area contributed by atoms with Gasteiger partial charge in [0, 0.05) is 11.1 Å². The van der Waals surface area contributed by atoms with Gasteiger partial charge in [-0.05, 0) is 33.4 Å². The number of benzene rings is 2. The SMILES string of the molecule is CN(C)C1(C#CC(O)(c2ccccc2)c2ccccc2)CCC1. The first-order chi connectivity index (χ1) is 11.1. The smallest absolute Gasteiger partial charge is 0.176 e. The molecule has 0 aromatic heterocycles. The van der Waals surface area contributed by atoms with Crippen LogP contribution in [0.4, 0.5) is 0 Å². The zero-order valence-electron chi connectivity index (χ0n) is 13.8. The van der Waals surface area contributed by atoms with Crippen molar-refractivity contribution in [3.05, 3.63) is 71.8 Å². The zero-order chi connectivity index (χ0) is 16.3. The van der Waals surface area contributed by atoms with Gasteiger partial charge in [0.25, 0.3) is 0 Å². The molecule has 2 aromatic rings. The van der Waals surface area contributed by atoms with Crippen LogP contribution < -0.4 is 0 Å². The Balaban J connectivity index is 2.08. The second-order valence-corrected chi connectivity index (χ2v) is 6.47. The molecule has 1 N–H and O–H groups in total. The van der Waals surface area contributed by atoms with E-state index in [0.717, 1.165) is 24.0 Å². The van der Waals surface area contributed by atoms with E-state index in [9.17, 15) is 5.11 Å². The van der Waals surface area contributed by atoms with Gasteiger partial charge in [0.1, 0.15) is 0 Å². The van der Waals surface area contributed by atoms with Crippen molar-refractivity contribution in [3.8, 4) is 11.8 Å². The van der Waals surface area contributed by atoms with Crippen LogP contribution in [0.1, 0.15) is 30.4 Å². The van der Waals surface area contributed by atoms with Crippen molar-refractivity contribution in [2.45, 2.75) is 30.4 Å². The molecule has 2 nitrogen and oxygen atoms in total. The Morgan fingerprint density at radius 2 is 1.39 bits per heavy atom. The molecule has 0 radical (unpaired) electrons. The van der Waals surface area contributed by atoms with Crippen LogP contribution >= 0.6 is 0 Å². The topological polar surface area (TPSA) is 23.5 Å². The molecular formula is C21H23NO. The highest BCUT2D eigenvalue weighted by Crippen LogP contribution is 2.36. The van der Waals surface area contributed by atoms with Gasteiger partial charge in [-0.15, -0.1) is 0 Å². The highest BCUT2D eigenvalue weighted by Gasteiger charge is 2.38. The third-order valence-electron chi connectivity index (χ3n) is 4.90. The summed E-state index contributed by atoms with van der Waals surface area (Å²) in [6.07, 6.45) is 3.32. The maximum absolute atomic E-state index is 11.4. The lowest BCUT2D eigenvalue weighted by molar-refractivity contribution is 0.117. The fraction of sp³-hybridized carbons (Fsp3) is 0.333. The van der Waals surface area contributed by atoms with Gasteiger partial charge in [0.15, 0.2) is 5.60 Å². The van der Waals surface area contributed by atoms with Gasteiger partial charge >= 0.3 is 0 Å². The predicted octanol–water partition coefficient (Wildman–Crippen LogP) is 3.41. The molecule has 0 unspecified atom stereocenters. The van der Waals surface area contributed by atoms with Crippen LogP contribution in [0.3, 0.4) is 0 Å². The van der Waals surface area contributed by atoms with Crippen LogP contribution in [0.2, 0.25) is 0 Å². The molecule has 0 heterocycles. The predicted molar refractivity (Wildman–Crippen MR) is 93.9 cm³/mol. The monoisotopic (exact) mass is 305 g/mol. The summed E-state index contributed by atoms with van der Waals surface area (Å²) in [5.41, 5.74) is 0.248. The molecule has 0 bridgehead atoms. The second kappa shape index (κ2) is 6.20. The summed E-state index contributed by atoms with van der Waals surface area (Å²) in [4.78, 5) is 2.18. The number of rotatable bonds is 3. The minimum absolute atomic E-state index is 0.0997. The van der Waals surface area contributed by atoms with Crippen LogP contribution in [0, 0.1) is 11.8 Å². The molecule has 0 saturated heterocycles. The maximum atomic E-state index is 11.4. The largest absolute Gasteiger partial charge is 0.369 e. The molecule has 1 fully saturated rings. The molecule has 2 heteroatoms. The van der Waals surface area contributed by atoms with Crippen LogP contribution in [-0.2, 0) is 5.60 Å². The molecule has 1 aliphatic carbocycles. The molecule has 23 heavy (non-hydrogen) atoms. The van der Waals surface area contributed by atoms with E-state index in [1.807, 2.05) is 60.7 Å². The minimum Gasteiger partial charge on any atom is -0.369 e. The van der Waals surface area contributed by atoms with E-state index in [2.05, 4.69) is 30.8 Å². The number of aliphatic hydroxyl groups is 1. The van der Waals surface area contributed by atoms with Gasteiger partial charge in [-0.2, -0.15) is 0 Å². The average molecular weight is 305 g/mol. The molecular weight excluding hydrogens is 282 g/mol. The van der Waals surface area contributed by atoms with Gasteiger partial charge in [-0.1, -0.05) is 72.5 Å². The van der Waals surface area contributed by atoms with E-state index in [-0.39, 0.29) is 5.54 Å². The first-order valence-electron chi connectivity index (χ1n) is 8.12. The molecule has 0 amide bonds. The zero-order valence-corrected chi connectivity index (χ0v) is 13.8. The average Bonchev–Trinajstić information content (AvgIpc) is 2.55. The van der Waals surface area contributed by atoms with Crippen molar-refractivity contribution in [2.24, 2.45) is 0 Å². The van der Waals surface area contributed by atoms with Crippen molar-refractivity contribution in [2.75, 3.05) is 14.1 Å². The fourth-order valence-corrected chi connectivity index (χ4v) is 3.07. The van der Waals surface area contributed by atoms with Gasteiger partial charge in [0.2, 0.25) is 0 Å². The van der Waals surface area contributed by atoms with E-state index in [4.69, 9.17) is 0 Å². The Hall–Kier alpha value is -2.08. The molecule has 2 aromatic carbocycles. The first kappa shape index (κ1) is 15.8. The Morgan fingerprint density at radius 1 is 0.913 bits per heavy atom. The number of hydrogen-bond acceptors (Lipinski definition) is 2. The summed E-state index contributed by atoms with van der Waals surface area (Å²) in [7, 11) is 4.13. The first-order valence-corrected chi connectivity index (χ1v) is 8.12. The van der Waals surface area contributed by atoms with Crippen molar-refractivity contribution in [3.63, 3.8) is 0 Å². The third-order valence-corrected chi connectivity index (χ3v) is 4.90. The maximum Gasteiger partial charge on any atom is 0.176 e. The van der Waals surface area contributed by atoms with Crippen molar-refractivity contribution >= 4 is 0 Å². The molecule has 1 saturated carbocycles. The number of hydrogen-bond donors (Lipinski definition) is 1. The molecule has 118 valence electrons. The van der Waals surface area contributed by atoms with Crippen molar-refractivity contribution in [1.82, 2.24) is 4.90 Å². The summed E-state index contributed by atoms with van der Waals surface area (Å²) < 4.78 is 0. The van der Waals surface area contributed by atoms with Crippen LogP contribution in [-0.4, -0.2) is 29.6 Å². The lowest BCUT2D eigenvalue weighted by Gasteiger charge is -2.43. The minimum atomic E-state index is -1.28. The highest BCUT2D eigenvalue weighted by molar-refractivity contribution is 5.45. The molecule has 0 atom stereocenters. The van der Waals surface area contributed by atoms with Crippen LogP contribution in [0.25, 0.3) is 0 Å². The molecule has 3 rings (SSSR count). The van der Waals surface area contributed by atoms with Crippen molar-refractivity contribution < 1.29 is 5.11 Å². The lowest BCUT2D eigenvalue weighted by Crippen LogP contribution is -2.49. The fourth-order valence-electron chi connectivity index (χ4n) is 3.07. The summed E-state index contributed by atoms with van der Waals surface area (Å²) >= 11 is 0. The summed E-state index contributed by atoms with van der Waals surface area (Å²) in [6, 6.07) is 19.4. The molecule has 0 aliphatic heterocycles. The Morgan fingerprint density at radius 3 is 1.74 bits per heavy atom. The lowest BCUT2D eigenvalue weighted by atomic mass is 9.75. The summed E-state index contributed by atoms with van der Waals surface area (Å²) in [5.74, 6) is 6.61. The van der Waals surface area contributed by atoms with Gasteiger partial charge in [0.05, 0.1) is 5.54 Å². The third kappa shape index (κ3) is 2.91. The second-order valence-electron chi connectivity index (χ2n) is 6.47. The van der Waals surface area contributed by atoms with Gasteiger partial charge in [-0.25, -0.2) is 0 Å². The van der Waals surface area contributed by atoms with Crippen molar-refractivity contribution in [1.29, 1.82) is 0 Å².